The lowest BCUT2D eigenvalue weighted by Crippen LogP contribution is -2.20. The molecule has 10 nitrogen and oxygen atoms in total. The Bertz CT molecular complexity index is 1930. The summed E-state index contributed by atoms with van der Waals surface area (Å²) in [6.45, 7) is -6.02. The van der Waals surface area contributed by atoms with E-state index in [0.29, 0.717) is 33.9 Å². The van der Waals surface area contributed by atoms with E-state index in [4.69, 9.17) is 8.22 Å². The zero-order valence-electron chi connectivity index (χ0n) is 30.1. The van der Waals surface area contributed by atoms with E-state index in [-0.39, 0.29) is 23.2 Å². The molecule has 230 valence electrons. The Labute approximate surface area is 274 Å². The fourth-order valence-corrected chi connectivity index (χ4v) is 4.03. The van der Waals surface area contributed by atoms with E-state index in [1.54, 1.807) is 103 Å². The number of ketones is 1. The van der Waals surface area contributed by atoms with Crippen molar-refractivity contribution in [2.45, 2.75) is 13.7 Å². The highest BCUT2D eigenvalue weighted by Crippen LogP contribution is 2.24. The summed E-state index contributed by atoms with van der Waals surface area (Å²) in [5.74, 6) is -3.47. The van der Waals surface area contributed by atoms with Crippen molar-refractivity contribution >= 4 is 52.2 Å². The zero-order valence-corrected chi connectivity index (χ0v) is 24.1. The molecule has 0 saturated carbocycles. The molecule has 0 spiro atoms. The van der Waals surface area contributed by atoms with Crippen LogP contribution in [0.1, 0.15) is 63.6 Å². The third-order valence-electron chi connectivity index (χ3n) is 6.13. The van der Waals surface area contributed by atoms with Gasteiger partial charge in [0, 0.05) is 19.4 Å². The van der Waals surface area contributed by atoms with E-state index >= 15 is 0 Å². The van der Waals surface area contributed by atoms with Crippen LogP contribution >= 0.6 is 0 Å². The number of hydrogen-bond donors (Lipinski definition) is 4. The second-order valence-corrected chi connectivity index (χ2v) is 9.38. The van der Waals surface area contributed by atoms with E-state index in [1.807, 2.05) is 12.1 Å². The molecule has 0 atom stereocenters. The van der Waals surface area contributed by atoms with Crippen LogP contribution in [0.5, 0.6) is 0 Å². The molecule has 4 N–H and O–H groups in total. The minimum atomic E-state index is -3.01. The quantitative estimate of drug-likeness (QED) is 0.152. The molecule has 4 aromatic carbocycles. The number of aromatic nitrogens is 1. The van der Waals surface area contributed by atoms with Crippen LogP contribution in [0.2, 0.25) is 0 Å². The predicted molar refractivity (Wildman–Crippen MR) is 178 cm³/mol. The normalized spacial score (nSPS) is 12.4. The Kier molecular flexibility index (Phi) is 8.62. The minimum Gasteiger partial charge on any atom is -0.320 e. The van der Waals surface area contributed by atoms with Crippen LogP contribution in [0.15, 0.2) is 127 Å². The van der Waals surface area contributed by atoms with Gasteiger partial charge in [0.25, 0.3) is 23.6 Å². The molecule has 10 heteroatoms. The monoisotopic (exact) mass is 619 g/mol. The predicted octanol–water partition coefficient (Wildman–Crippen LogP) is 6.69. The van der Waals surface area contributed by atoms with Crippen LogP contribution in [0.4, 0.5) is 22.7 Å². The van der Waals surface area contributed by atoms with Crippen molar-refractivity contribution < 1.29 is 32.2 Å². The van der Waals surface area contributed by atoms with Crippen LogP contribution in [0.25, 0.3) is 0 Å². The van der Waals surface area contributed by atoms with Gasteiger partial charge in [-0.15, -0.1) is 0 Å². The Morgan fingerprint density at radius 2 is 0.761 bits per heavy atom. The molecule has 1 heterocycles. The number of anilines is 4. The molecule has 5 aromatic rings. The van der Waals surface area contributed by atoms with E-state index in [0.717, 1.165) is 0 Å². The van der Waals surface area contributed by atoms with E-state index < -0.39 is 31.3 Å². The first kappa shape index (κ1) is 25.0. The topological polar surface area (TPSA) is 146 Å². The number of hydrogen-bond acceptors (Lipinski definition) is 6. The number of carbonyl (C=O) groups excluding carboxylic acids is 5. The molecule has 5 rings (SSSR count). The lowest BCUT2D eigenvalue weighted by molar-refractivity contribution is -0.115. The summed E-state index contributed by atoms with van der Waals surface area (Å²) in [7, 11) is 0. The number of pyridine rings is 1. The van der Waals surface area contributed by atoms with Gasteiger partial charge in [0.1, 0.15) is 17.2 Å². The van der Waals surface area contributed by atoms with Crippen molar-refractivity contribution in [1.82, 2.24) is 4.98 Å². The molecule has 0 bridgehead atoms. The van der Waals surface area contributed by atoms with Gasteiger partial charge in [-0.3, -0.25) is 19.2 Å². The van der Waals surface area contributed by atoms with Crippen molar-refractivity contribution in [2.75, 3.05) is 21.3 Å². The van der Waals surface area contributed by atoms with Gasteiger partial charge in [0.05, 0.1) is 22.7 Å². The summed E-state index contributed by atoms with van der Waals surface area (Å²) >= 11 is 0. The van der Waals surface area contributed by atoms with Crippen molar-refractivity contribution in [1.29, 1.82) is 0 Å². The maximum atomic E-state index is 13.1. The zero-order chi connectivity index (χ0) is 37.9. The Hall–Kier alpha value is -6.42. The summed E-state index contributed by atoms with van der Waals surface area (Å²) in [6, 6.07) is 35.5. The SMILES string of the molecule is O=C(Nc1ccccc1NC(=O)c1cccc(C(=O)Nc2ccccc2NC(=O)c2ccccc2)n1)c1ccccc1.[2H]C([2H])([2H])C(=O)C([2H])([2H])[2H]. The fourth-order valence-electron chi connectivity index (χ4n) is 4.03. The fraction of sp³-hybridized carbons (Fsp3) is 0.0556. The highest BCUT2D eigenvalue weighted by atomic mass is 16.2. The number of benzene rings is 4. The molecule has 0 unspecified atom stereocenters. The standard InChI is InChI=1S/C33H25N5O4.C3H6O/c39-30(22-12-3-1-4-13-22)35-24-16-7-9-18-26(24)37-32(41)28-20-11-21-29(34-28)33(42)38-27-19-10-8-17-25(27)36-31(40)23-14-5-2-6-15-23;1-3(2)4/h1-21H,(H,35,39)(H,36,40)(H,37,41)(H,38,42);1-2H3/i;1D3,2D3. The lowest BCUT2D eigenvalue weighted by Gasteiger charge is -2.13. The van der Waals surface area contributed by atoms with Gasteiger partial charge in [0.15, 0.2) is 0 Å². The summed E-state index contributed by atoms with van der Waals surface area (Å²) < 4.78 is 38.5. The van der Waals surface area contributed by atoms with Gasteiger partial charge >= 0.3 is 0 Å². The molecule has 0 radical (unpaired) electrons. The van der Waals surface area contributed by atoms with Crippen molar-refractivity contribution in [3.63, 3.8) is 0 Å². The Morgan fingerprint density at radius 3 is 1.09 bits per heavy atom. The number of carbonyl (C=O) groups is 5. The van der Waals surface area contributed by atoms with Crippen LogP contribution in [0.3, 0.4) is 0 Å². The van der Waals surface area contributed by atoms with Crippen LogP contribution < -0.4 is 21.3 Å². The molecule has 0 saturated heterocycles. The largest absolute Gasteiger partial charge is 0.320 e. The van der Waals surface area contributed by atoms with Crippen molar-refractivity contribution in [2.24, 2.45) is 0 Å². The number of para-hydroxylation sites is 4. The first-order chi connectivity index (χ1) is 24.6. The molecule has 46 heavy (non-hydrogen) atoms. The molecular weight excluding hydrogens is 582 g/mol. The second-order valence-electron chi connectivity index (χ2n) is 9.38. The highest BCUT2D eigenvalue weighted by molar-refractivity contribution is 6.11. The molecule has 0 aliphatic rings. The van der Waals surface area contributed by atoms with Gasteiger partial charge in [-0.05, 0) is 74.4 Å². The van der Waals surface area contributed by atoms with Crippen molar-refractivity contribution in [3.05, 3.63) is 150 Å². The number of Topliss-reactive ketones (excluding diaryl/α,β-unsaturated/α-hetero) is 1. The lowest BCUT2D eigenvalue weighted by atomic mass is 10.2. The minimum absolute atomic E-state index is 0.00231. The van der Waals surface area contributed by atoms with E-state index in [2.05, 4.69) is 26.3 Å². The van der Waals surface area contributed by atoms with Crippen LogP contribution in [-0.2, 0) is 4.79 Å². The Balaban J connectivity index is 0.000000530. The first-order valence-electron chi connectivity index (χ1n) is 16.7. The number of nitrogens with one attached hydrogen (secondary N) is 4. The summed E-state index contributed by atoms with van der Waals surface area (Å²) in [6.07, 6.45) is 0. The first-order valence-corrected chi connectivity index (χ1v) is 13.7. The van der Waals surface area contributed by atoms with E-state index in [9.17, 15) is 24.0 Å². The third-order valence-corrected chi connectivity index (χ3v) is 6.13. The highest BCUT2D eigenvalue weighted by Gasteiger charge is 2.17. The summed E-state index contributed by atoms with van der Waals surface area (Å²) in [4.78, 5) is 66.1. The molecule has 1 aromatic heterocycles. The summed E-state index contributed by atoms with van der Waals surface area (Å²) in [5, 5.41) is 11.1. The van der Waals surface area contributed by atoms with Gasteiger partial charge in [-0.2, -0.15) is 0 Å². The van der Waals surface area contributed by atoms with Gasteiger partial charge < -0.3 is 26.1 Å². The van der Waals surface area contributed by atoms with E-state index in [1.165, 1.54) is 12.1 Å². The molecular formula is C36H31N5O5. The summed E-state index contributed by atoms with van der Waals surface area (Å²) in [5.41, 5.74) is 2.49. The third kappa shape index (κ3) is 9.29. The number of rotatable bonds is 8. The van der Waals surface area contributed by atoms with Gasteiger partial charge in [-0.1, -0.05) is 66.7 Å². The van der Waals surface area contributed by atoms with Gasteiger partial charge in [-0.25, -0.2) is 4.98 Å². The van der Waals surface area contributed by atoms with Gasteiger partial charge in [0.2, 0.25) is 0 Å². The maximum absolute atomic E-state index is 13.1. The molecule has 0 aliphatic carbocycles. The van der Waals surface area contributed by atoms with Crippen molar-refractivity contribution in [3.8, 4) is 0 Å². The number of nitrogens with zero attached hydrogens (tertiary/aromatic N) is 1. The molecule has 0 fully saturated rings. The van der Waals surface area contributed by atoms with Crippen LogP contribution in [0, 0.1) is 0 Å². The Morgan fingerprint density at radius 1 is 0.435 bits per heavy atom. The smallest absolute Gasteiger partial charge is 0.274 e. The molecule has 4 amide bonds. The molecule has 0 aliphatic heterocycles. The average Bonchev–Trinajstić information content (AvgIpc) is 3.13. The number of amides is 4. The second kappa shape index (κ2) is 15.9. The average molecular weight is 620 g/mol. The van der Waals surface area contributed by atoms with Crippen LogP contribution in [-0.4, -0.2) is 34.4 Å². The maximum Gasteiger partial charge on any atom is 0.274 e.